The topological polar surface area (TPSA) is 164 Å². The highest BCUT2D eigenvalue weighted by molar-refractivity contribution is 6.06. The van der Waals surface area contributed by atoms with E-state index < -0.39 is 18.0 Å². The van der Waals surface area contributed by atoms with Crippen LogP contribution in [-0.2, 0) is 19.2 Å². The smallest absolute Gasteiger partial charge is 0.328 e. The van der Waals surface area contributed by atoms with Gasteiger partial charge in [-0.05, 0) is 37.3 Å². The molecule has 3 heterocycles. The largest absolute Gasteiger partial charge is 0.478 e. The lowest BCUT2D eigenvalue weighted by molar-refractivity contribution is -0.142. The molecule has 3 N–H and O–H groups in total. The van der Waals surface area contributed by atoms with E-state index in [1.165, 1.54) is 4.90 Å². The van der Waals surface area contributed by atoms with Crippen LogP contribution in [0.1, 0.15) is 12.8 Å². The zero-order chi connectivity index (χ0) is 26.5. The van der Waals surface area contributed by atoms with Crippen molar-refractivity contribution in [3.05, 3.63) is 42.8 Å². The van der Waals surface area contributed by atoms with Crippen LogP contribution < -0.4 is 4.90 Å². The number of carbonyl (C=O) groups excluding carboxylic acids is 2. The van der Waals surface area contributed by atoms with Gasteiger partial charge in [-0.2, -0.15) is 0 Å². The summed E-state index contributed by atoms with van der Waals surface area (Å²) in [6.45, 7) is 3.88. The molecule has 1 aromatic heterocycles. The molecule has 1 saturated carbocycles. The Morgan fingerprint density at radius 2 is 1.51 bits per heavy atom. The molecular formula is C25H31N5O7. The van der Waals surface area contributed by atoms with Crippen LogP contribution >= 0.6 is 0 Å². The van der Waals surface area contributed by atoms with E-state index in [1.807, 2.05) is 0 Å². The van der Waals surface area contributed by atoms with E-state index in [-0.39, 0.29) is 42.0 Å². The molecule has 0 radical (unpaired) electrons. The molecule has 3 fully saturated rings. The van der Waals surface area contributed by atoms with Crippen molar-refractivity contribution < 1.29 is 34.5 Å². The second kappa shape index (κ2) is 11.6. The molecule has 2 saturated heterocycles. The molecule has 37 heavy (non-hydrogen) atoms. The molecule has 2 aliphatic carbocycles. The summed E-state index contributed by atoms with van der Waals surface area (Å²) >= 11 is 0. The molecule has 3 unspecified atom stereocenters. The van der Waals surface area contributed by atoms with Gasteiger partial charge >= 0.3 is 11.9 Å². The van der Waals surface area contributed by atoms with Gasteiger partial charge in [0.25, 0.3) is 0 Å². The van der Waals surface area contributed by atoms with Gasteiger partial charge in [-0.15, -0.1) is 0 Å². The number of aromatic nitrogens is 2. The van der Waals surface area contributed by atoms with Crippen LogP contribution in [0.4, 0.5) is 5.95 Å². The average Bonchev–Trinajstić information content (AvgIpc) is 3.49. The molecule has 2 bridgehead atoms. The number of carbonyl (C=O) groups is 4. The summed E-state index contributed by atoms with van der Waals surface area (Å²) in [5.74, 6) is -1.92. The number of hydrogen-bond donors (Lipinski definition) is 3. The number of aliphatic hydroxyl groups excluding tert-OH is 1. The number of nitrogens with zero attached hydrogens (tertiary/aromatic N) is 5. The van der Waals surface area contributed by atoms with Crippen LogP contribution in [0.2, 0.25) is 0 Å². The number of anilines is 1. The van der Waals surface area contributed by atoms with E-state index in [0.717, 1.165) is 45.0 Å². The molecule has 5 atom stereocenters. The number of carboxylic acid groups (broad SMARTS) is 2. The highest BCUT2D eigenvalue weighted by Crippen LogP contribution is 2.52. The Bertz CT molecular complexity index is 1030. The van der Waals surface area contributed by atoms with E-state index >= 15 is 0 Å². The minimum absolute atomic E-state index is 0.0841. The average molecular weight is 514 g/mol. The molecule has 0 aromatic carbocycles. The van der Waals surface area contributed by atoms with Crippen molar-refractivity contribution in [1.82, 2.24) is 19.8 Å². The standard InChI is InChI=1S/C21H27N5O3.C4H4O4/c27-16(12-24-7-2-8-25(10-9-24)21-22-5-1-6-23-21)13-26-19(28)17-14-3-4-15(11-14)18(17)20(26)29;5-3(6)1-2-4(7)8/h1,3-6,14-18,27H,2,7-13H2;1-2H,(H,5,6)(H,7,8)/b;2-1-/t14-,15?,16?,17-,18?;/m0./s1. The van der Waals surface area contributed by atoms with Crippen molar-refractivity contribution >= 4 is 29.7 Å². The van der Waals surface area contributed by atoms with Gasteiger partial charge in [0.15, 0.2) is 0 Å². The monoisotopic (exact) mass is 513 g/mol. The zero-order valence-corrected chi connectivity index (χ0v) is 20.3. The maximum absolute atomic E-state index is 12.8. The zero-order valence-electron chi connectivity index (χ0n) is 20.3. The number of fused-ring (bicyclic) bond motifs is 5. The number of imide groups is 1. The molecule has 4 aliphatic rings. The molecule has 12 heteroatoms. The first-order valence-corrected chi connectivity index (χ1v) is 12.3. The predicted molar refractivity (Wildman–Crippen MR) is 130 cm³/mol. The molecule has 0 spiro atoms. The van der Waals surface area contributed by atoms with Gasteiger partial charge < -0.3 is 20.2 Å². The van der Waals surface area contributed by atoms with Crippen molar-refractivity contribution in [2.45, 2.75) is 18.9 Å². The van der Waals surface area contributed by atoms with Gasteiger partial charge in [0.1, 0.15) is 0 Å². The van der Waals surface area contributed by atoms with Crippen molar-refractivity contribution in [2.75, 3.05) is 44.2 Å². The van der Waals surface area contributed by atoms with Crippen LogP contribution in [0.3, 0.4) is 0 Å². The maximum Gasteiger partial charge on any atom is 0.328 e. The molecular weight excluding hydrogens is 482 g/mol. The first-order valence-electron chi connectivity index (χ1n) is 12.3. The summed E-state index contributed by atoms with van der Waals surface area (Å²) < 4.78 is 0. The Hall–Kier alpha value is -3.64. The second-order valence-electron chi connectivity index (χ2n) is 9.64. The third-order valence-electron chi connectivity index (χ3n) is 7.22. The van der Waals surface area contributed by atoms with E-state index in [0.29, 0.717) is 18.7 Å². The van der Waals surface area contributed by atoms with Gasteiger partial charge in [-0.3, -0.25) is 19.4 Å². The van der Waals surface area contributed by atoms with E-state index in [4.69, 9.17) is 10.2 Å². The number of amides is 2. The van der Waals surface area contributed by atoms with Crippen molar-refractivity contribution in [1.29, 1.82) is 0 Å². The van der Waals surface area contributed by atoms with E-state index in [1.54, 1.807) is 18.5 Å². The highest BCUT2D eigenvalue weighted by Gasteiger charge is 2.59. The Morgan fingerprint density at radius 1 is 0.919 bits per heavy atom. The van der Waals surface area contributed by atoms with Gasteiger partial charge in [-0.25, -0.2) is 19.6 Å². The Balaban J connectivity index is 0.000000349. The lowest BCUT2D eigenvalue weighted by Gasteiger charge is -2.26. The second-order valence-corrected chi connectivity index (χ2v) is 9.64. The number of rotatable bonds is 7. The molecule has 12 nitrogen and oxygen atoms in total. The van der Waals surface area contributed by atoms with Crippen molar-refractivity contribution in [3.63, 3.8) is 0 Å². The lowest BCUT2D eigenvalue weighted by atomic mass is 9.85. The summed E-state index contributed by atoms with van der Waals surface area (Å²) in [6.07, 6.45) is 9.94. The third-order valence-corrected chi connectivity index (χ3v) is 7.22. The number of aliphatic hydroxyl groups is 1. The molecule has 2 amide bonds. The summed E-state index contributed by atoms with van der Waals surface area (Å²) in [5, 5.41) is 26.3. The minimum atomic E-state index is -1.26. The third kappa shape index (κ3) is 6.20. The van der Waals surface area contributed by atoms with Gasteiger partial charge in [0, 0.05) is 50.7 Å². The van der Waals surface area contributed by atoms with E-state index in [9.17, 15) is 24.3 Å². The highest BCUT2D eigenvalue weighted by atomic mass is 16.4. The van der Waals surface area contributed by atoms with Crippen LogP contribution in [0.5, 0.6) is 0 Å². The fraction of sp³-hybridized carbons (Fsp3) is 0.520. The predicted octanol–water partition coefficient (Wildman–Crippen LogP) is -0.131. The number of allylic oxidation sites excluding steroid dienone is 2. The summed E-state index contributed by atoms with van der Waals surface area (Å²) in [6, 6.07) is 1.81. The fourth-order valence-corrected chi connectivity index (χ4v) is 5.66. The summed E-state index contributed by atoms with van der Waals surface area (Å²) in [4.78, 5) is 59.0. The first-order chi connectivity index (χ1) is 17.7. The quantitative estimate of drug-likeness (QED) is 0.253. The van der Waals surface area contributed by atoms with Crippen LogP contribution in [0.15, 0.2) is 42.8 Å². The van der Waals surface area contributed by atoms with Gasteiger partial charge in [-0.1, -0.05) is 12.2 Å². The number of likely N-dealkylation sites (tertiary alicyclic amines) is 1. The molecule has 198 valence electrons. The normalized spacial score (nSPS) is 27.7. The SMILES string of the molecule is O=C(O)/C=C\C(=O)O.O=C1C2C3C=C[C@@H](C3)[C@@H]2C(=O)N1CC(O)CN1CCCN(c2ncccn2)CC1. The molecule has 1 aromatic rings. The Labute approximate surface area is 213 Å². The first kappa shape index (κ1) is 26.4. The number of β-amino-alcohol motifs (C(OH)–C–C–N with tert-alkyl or cyclic N) is 1. The van der Waals surface area contributed by atoms with E-state index in [2.05, 4.69) is 31.9 Å². The van der Waals surface area contributed by atoms with Crippen molar-refractivity contribution in [2.24, 2.45) is 23.7 Å². The van der Waals surface area contributed by atoms with Crippen LogP contribution in [0.25, 0.3) is 0 Å². The summed E-state index contributed by atoms with van der Waals surface area (Å²) in [7, 11) is 0. The summed E-state index contributed by atoms with van der Waals surface area (Å²) in [5.41, 5.74) is 0. The van der Waals surface area contributed by atoms with Crippen LogP contribution in [-0.4, -0.2) is 104 Å². The fourth-order valence-electron chi connectivity index (χ4n) is 5.66. The molecule has 5 rings (SSSR count). The van der Waals surface area contributed by atoms with Crippen molar-refractivity contribution in [3.8, 4) is 0 Å². The van der Waals surface area contributed by atoms with Gasteiger partial charge in [0.05, 0.1) is 24.5 Å². The number of hydrogen-bond acceptors (Lipinski definition) is 9. The lowest BCUT2D eigenvalue weighted by Crippen LogP contribution is -2.44. The van der Waals surface area contributed by atoms with Gasteiger partial charge in [0.2, 0.25) is 17.8 Å². The van der Waals surface area contributed by atoms with Crippen LogP contribution in [0, 0.1) is 23.7 Å². The Kier molecular flexibility index (Phi) is 8.29. The molecule has 2 aliphatic heterocycles. The number of aliphatic carboxylic acids is 2. The minimum Gasteiger partial charge on any atom is -0.478 e. The number of carboxylic acids is 2. The Morgan fingerprint density at radius 3 is 2.08 bits per heavy atom. The maximum atomic E-state index is 12.8.